The molecule has 0 radical (unpaired) electrons. The van der Waals surface area contributed by atoms with E-state index in [1.807, 2.05) is 0 Å². The Bertz CT molecular complexity index is 686. The molecule has 164 valence electrons. The molecule has 0 heterocycles. The molecule has 29 heavy (non-hydrogen) atoms. The second-order valence-corrected chi connectivity index (χ2v) is 11.6. The lowest BCUT2D eigenvalue weighted by molar-refractivity contribution is -0.125. The summed E-state index contributed by atoms with van der Waals surface area (Å²) in [6, 6.07) is 0. The highest BCUT2D eigenvalue weighted by Gasteiger charge is 2.69. The van der Waals surface area contributed by atoms with Gasteiger partial charge in [-0.05, 0) is 91.8 Å². The van der Waals surface area contributed by atoms with E-state index in [9.17, 15) is 10.2 Å². The van der Waals surface area contributed by atoms with Crippen molar-refractivity contribution in [3.63, 3.8) is 0 Å². The van der Waals surface area contributed by atoms with Crippen molar-refractivity contribution in [1.29, 1.82) is 0 Å². The standard InChI is InChI=1S/C25H40O4/c1-23-11-12-25(27,10-8-20(28-3)29-4)14-15(23)5-6-16-19(23)7-9-24(2)21(16)17-13-18(17)22(24)26/h5,16-22,26-27H,6-14H2,1-4H3/t16?,17-,18+,19?,21?,22+,23+,24+,25+/m1/s1. The third kappa shape index (κ3) is 2.92. The maximum atomic E-state index is 11.4. The smallest absolute Gasteiger partial charge is 0.156 e. The Labute approximate surface area is 176 Å². The van der Waals surface area contributed by atoms with Crippen molar-refractivity contribution in [3.05, 3.63) is 11.6 Å². The normalized spacial score (nSPS) is 53.0. The Balaban J connectivity index is 1.35. The molecule has 2 N–H and O–H groups in total. The highest BCUT2D eigenvalue weighted by molar-refractivity contribution is 5.29. The average molecular weight is 405 g/mol. The number of allylic oxidation sites excluding steroid dienone is 1. The van der Waals surface area contributed by atoms with Crippen LogP contribution in [0.3, 0.4) is 0 Å². The van der Waals surface area contributed by atoms with Crippen LogP contribution in [0.25, 0.3) is 0 Å². The fourth-order valence-electron chi connectivity index (χ4n) is 8.58. The number of aliphatic hydroxyl groups excluding tert-OH is 1. The Morgan fingerprint density at radius 3 is 2.59 bits per heavy atom. The molecule has 0 saturated heterocycles. The van der Waals surface area contributed by atoms with Gasteiger partial charge in [-0.25, -0.2) is 0 Å². The van der Waals surface area contributed by atoms with Crippen LogP contribution < -0.4 is 0 Å². The Morgan fingerprint density at radius 1 is 1.10 bits per heavy atom. The summed E-state index contributed by atoms with van der Waals surface area (Å²) in [4.78, 5) is 0. The lowest BCUT2D eigenvalue weighted by Gasteiger charge is -2.59. The van der Waals surface area contributed by atoms with Gasteiger partial charge >= 0.3 is 0 Å². The molecule has 0 aromatic heterocycles. The fraction of sp³-hybridized carbons (Fsp3) is 0.920. The number of methoxy groups -OCH3 is 2. The number of hydrogen-bond acceptors (Lipinski definition) is 4. The molecule has 4 nitrogen and oxygen atoms in total. The maximum absolute atomic E-state index is 11.4. The summed E-state index contributed by atoms with van der Waals surface area (Å²) in [6.07, 6.45) is 11.3. The van der Waals surface area contributed by atoms with E-state index in [1.165, 1.54) is 24.8 Å². The topological polar surface area (TPSA) is 58.9 Å². The van der Waals surface area contributed by atoms with Gasteiger partial charge < -0.3 is 19.7 Å². The Morgan fingerprint density at radius 2 is 1.86 bits per heavy atom. The summed E-state index contributed by atoms with van der Waals surface area (Å²) < 4.78 is 10.7. The van der Waals surface area contributed by atoms with Crippen LogP contribution in [0, 0.1) is 40.4 Å². The van der Waals surface area contributed by atoms with E-state index >= 15 is 0 Å². The molecule has 0 aliphatic heterocycles. The summed E-state index contributed by atoms with van der Waals surface area (Å²) in [5.41, 5.74) is 1.27. The van der Waals surface area contributed by atoms with E-state index < -0.39 is 5.60 Å². The number of fused-ring (bicyclic) bond motifs is 7. The molecule has 0 aromatic carbocycles. The van der Waals surface area contributed by atoms with Crippen LogP contribution >= 0.6 is 0 Å². The lowest BCUT2D eigenvalue weighted by atomic mass is 9.46. The third-order valence-corrected chi connectivity index (χ3v) is 10.4. The van der Waals surface area contributed by atoms with Gasteiger partial charge in [-0.15, -0.1) is 0 Å². The van der Waals surface area contributed by atoms with Crippen molar-refractivity contribution in [2.24, 2.45) is 40.4 Å². The zero-order valence-electron chi connectivity index (χ0n) is 18.7. The first kappa shape index (κ1) is 20.5. The molecule has 0 spiro atoms. The summed E-state index contributed by atoms with van der Waals surface area (Å²) in [5.74, 6) is 3.53. The molecule has 0 amide bonds. The third-order valence-electron chi connectivity index (χ3n) is 10.4. The van der Waals surface area contributed by atoms with Crippen LogP contribution in [0.15, 0.2) is 11.6 Å². The van der Waals surface area contributed by atoms with Crippen molar-refractivity contribution in [1.82, 2.24) is 0 Å². The number of rotatable bonds is 5. The summed E-state index contributed by atoms with van der Waals surface area (Å²) in [7, 11) is 3.34. The predicted molar refractivity (Wildman–Crippen MR) is 112 cm³/mol. The zero-order chi connectivity index (χ0) is 20.6. The van der Waals surface area contributed by atoms with E-state index in [-0.39, 0.29) is 23.2 Å². The van der Waals surface area contributed by atoms with E-state index in [1.54, 1.807) is 14.2 Å². The Hall–Kier alpha value is -0.420. The van der Waals surface area contributed by atoms with Gasteiger partial charge in [0.25, 0.3) is 0 Å². The van der Waals surface area contributed by atoms with Gasteiger partial charge in [0.1, 0.15) is 0 Å². The maximum Gasteiger partial charge on any atom is 0.156 e. The van der Waals surface area contributed by atoms with Gasteiger partial charge in [-0.3, -0.25) is 0 Å². The van der Waals surface area contributed by atoms with Crippen molar-refractivity contribution < 1.29 is 19.7 Å². The van der Waals surface area contributed by atoms with E-state index in [0.29, 0.717) is 11.8 Å². The molecule has 0 aromatic rings. The molecule has 0 bridgehead atoms. The van der Waals surface area contributed by atoms with Crippen LogP contribution in [0.4, 0.5) is 0 Å². The van der Waals surface area contributed by atoms with Crippen LogP contribution in [-0.4, -0.2) is 42.4 Å². The van der Waals surface area contributed by atoms with Crippen LogP contribution in [-0.2, 0) is 9.47 Å². The Kier molecular flexibility index (Phi) is 4.79. The molecular formula is C25H40O4. The van der Waals surface area contributed by atoms with E-state index in [2.05, 4.69) is 19.9 Å². The lowest BCUT2D eigenvalue weighted by Crippen LogP contribution is -2.53. The summed E-state index contributed by atoms with van der Waals surface area (Å²) in [5, 5.41) is 22.3. The molecule has 9 atom stereocenters. The van der Waals surface area contributed by atoms with Gasteiger partial charge in [-0.2, -0.15) is 0 Å². The summed E-state index contributed by atoms with van der Waals surface area (Å²) in [6.45, 7) is 4.87. The summed E-state index contributed by atoms with van der Waals surface area (Å²) >= 11 is 0. The largest absolute Gasteiger partial charge is 0.392 e. The molecule has 5 aliphatic rings. The molecule has 3 unspecified atom stereocenters. The molecule has 5 rings (SSSR count). The second kappa shape index (κ2) is 6.79. The molecule has 5 aliphatic carbocycles. The first-order valence-electron chi connectivity index (χ1n) is 11.9. The van der Waals surface area contributed by atoms with Gasteiger partial charge in [0.15, 0.2) is 6.29 Å². The number of aliphatic hydroxyl groups is 2. The molecule has 4 fully saturated rings. The van der Waals surface area contributed by atoms with Crippen molar-refractivity contribution in [3.8, 4) is 0 Å². The minimum atomic E-state index is -0.623. The second-order valence-electron chi connectivity index (χ2n) is 11.6. The zero-order valence-corrected chi connectivity index (χ0v) is 18.7. The molecule has 4 heteroatoms. The van der Waals surface area contributed by atoms with Crippen LogP contribution in [0.5, 0.6) is 0 Å². The van der Waals surface area contributed by atoms with Crippen molar-refractivity contribution in [2.75, 3.05) is 14.2 Å². The predicted octanol–water partition coefficient (Wildman–Crippen LogP) is 4.30. The fourth-order valence-corrected chi connectivity index (χ4v) is 8.58. The average Bonchev–Trinajstić information content (AvgIpc) is 3.44. The van der Waals surface area contributed by atoms with E-state index in [0.717, 1.165) is 56.3 Å². The van der Waals surface area contributed by atoms with E-state index in [4.69, 9.17) is 9.47 Å². The van der Waals surface area contributed by atoms with Gasteiger partial charge in [0.05, 0.1) is 11.7 Å². The first-order valence-corrected chi connectivity index (χ1v) is 11.9. The highest BCUT2D eigenvalue weighted by atomic mass is 16.7. The SMILES string of the molecule is COC(CC[C@]1(O)CC[C@@]2(C)C(=CCC3C2CC[C@@]2(C)C3[C@@H]3C[C@@H]3[C@@H]2O)C1)OC. The molecule has 4 saturated carbocycles. The minimum Gasteiger partial charge on any atom is -0.392 e. The number of ether oxygens (including phenoxy) is 2. The first-order chi connectivity index (χ1) is 13.8. The van der Waals surface area contributed by atoms with Crippen LogP contribution in [0.1, 0.15) is 71.6 Å². The van der Waals surface area contributed by atoms with Gasteiger partial charge in [-0.1, -0.05) is 25.5 Å². The highest BCUT2D eigenvalue weighted by Crippen LogP contribution is 2.73. The molecular weight excluding hydrogens is 364 g/mol. The monoisotopic (exact) mass is 404 g/mol. The quantitative estimate of drug-likeness (QED) is 0.530. The number of hydrogen-bond donors (Lipinski definition) is 2. The van der Waals surface area contributed by atoms with Crippen molar-refractivity contribution in [2.45, 2.75) is 89.6 Å². The van der Waals surface area contributed by atoms with Crippen molar-refractivity contribution >= 4 is 0 Å². The van der Waals surface area contributed by atoms with Gasteiger partial charge in [0.2, 0.25) is 0 Å². The van der Waals surface area contributed by atoms with Crippen LogP contribution in [0.2, 0.25) is 0 Å². The minimum absolute atomic E-state index is 0.0670. The van der Waals surface area contributed by atoms with Gasteiger partial charge in [0, 0.05) is 20.6 Å².